The zero-order chi connectivity index (χ0) is 15.1. The minimum absolute atomic E-state index is 0.310. The lowest BCUT2D eigenvalue weighted by molar-refractivity contribution is 0.919. The third-order valence-corrected chi connectivity index (χ3v) is 3.52. The van der Waals surface area contributed by atoms with E-state index in [1.165, 1.54) is 0 Å². The summed E-state index contributed by atoms with van der Waals surface area (Å²) in [6.45, 7) is 1.96. The van der Waals surface area contributed by atoms with E-state index in [1.807, 2.05) is 31.2 Å². The van der Waals surface area contributed by atoms with Crippen LogP contribution in [0.25, 0.3) is 21.9 Å². The largest absolute Gasteiger partial charge is 0.340 e. The van der Waals surface area contributed by atoms with Crippen molar-refractivity contribution in [2.75, 3.05) is 0 Å². The predicted octanol–water partition coefficient (Wildman–Crippen LogP) is 1.49. The molecular weight excluding hydrogens is 280 g/mol. The Labute approximate surface area is 124 Å². The van der Waals surface area contributed by atoms with Crippen molar-refractivity contribution in [2.24, 2.45) is 0 Å². The standard InChI is InChI=1S/C15H12N6O/c1-8-9-4-2-3-5-10(9)18-12(17-8)6-13-19-11-7-16-21-15(22)14(11)20-13/h2-5,7H,6H2,1H3,(H,19,20)(H,21,22). The Morgan fingerprint density at radius 1 is 1.14 bits per heavy atom. The first-order valence-corrected chi connectivity index (χ1v) is 6.85. The van der Waals surface area contributed by atoms with Crippen molar-refractivity contribution in [3.8, 4) is 0 Å². The number of imidazole rings is 1. The highest BCUT2D eigenvalue weighted by atomic mass is 16.1. The Morgan fingerprint density at radius 3 is 2.86 bits per heavy atom. The molecule has 1 aromatic carbocycles. The summed E-state index contributed by atoms with van der Waals surface area (Å²) in [6.07, 6.45) is 1.97. The molecule has 0 amide bonds. The fraction of sp³-hybridized carbons (Fsp3) is 0.133. The van der Waals surface area contributed by atoms with Crippen LogP contribution in [-0.4, -0.2) is 30.1 Å². The van der Waals surface area contributed by atoms with Gasteiger partial charge in [-0.15, -0.1) is 0 Å². The molecule has 0 fully saturated rings. The lowest BCUT2D eigenvalue weighted by Crippen LogP contribution is -2.07. The third kappa shape index (κ3) is 2.03. The van der Waals surface area contributed by atoms with Gasteiger partial charge in [0.25, 0.3) is 5.56 Å². The molecule has 2 N–H and O–H groups in total. The van der Waals surface area contributed by atoms with Crippen molar-refractivity contribution in [1.82, 2.24) is 30.1 Å². The van der Waals surface area contributed by atoms with E-state index in [2.05, 4.69) is 30.1 Å². The van der Waals surface area contributed by atoms with Crippen molar-refractivity contribution >= 4 is 21.9 Å². The van der Waals surface area contributed by atoms with Gasteiger partial charge in [0.1, 0.15) is 11.6 Å². The van der Waals surface area contributed by atoms with E-state index in [4.69, 9.17) is 0 Å². The maximum atomic E-state index is 11.6. The number of nitrogens with zero attached hydrogens (tertiary/aromatic N) is 4. The van der Waals surface area contributed by atoms with Gasteiger partial charge in [0.15, 0.2) is 5.52 Å². The number of H-pyrrole nitrogens is 2. The Kier molecular flexibility index (Phi) is 2.72. The molecule has 7 heteroatoms. The van der Waals surface area contributed by atoms with Crippen LogP contribution in [0.15, 0.2) is 35.3 Å². The Hall–Kier alpha value is -3.09. The molecule has 0 bridgehead atoms. The molecule has 0 aliphatic carbocycles. The summed E-state index contributed by atoms with van der Waals surface area (Å²) in [5, 5.41) is 7.15. The first-order valence-electron chi connectivity index (χ1n) is 6.85. The second kappa shape index (κ2) is 4.73. The van der Waals surface area contributed by atoms with Crippen LogP contribution in [0.2, 0.25) is 0 Å². The van der Waals surface area contributed by atoms with Gasteiger partial charge < -0.3 is 4.98 Å². The van der Waals surface area contributed by atoms with Gasteiger partial charge in [-0.05, 0) is 13.0 Å². The van der Waals surface area contributed by atoms with Gasteiger partial charge in [0.2, 0.25) is 0 Å². The number of para-hydroxylation sites is 1. The Balaban J connectivity index is 1.79. The maximum absolute atomic E-state index is 11.6. The highest BCUT2D eigenvalue weighted by Crippen LogP contribution is 2.16. The topological polar surface area (TPSA) is 100 Å². The molecule has 22 heavy (non-hydrogen) atoms. The van der Waals surface area contributed by atoms with E-state index in [1.54, 1.807) is 6.20 Å². The number of aromatic amines is 2. The molecule has 0 spiro atoms. The lowest BCUT2D eigenvalue weighted by atomic mass is 10.2. The SMILES string of the molecule is Cc1nc(Cc2nc3c(=O)[nH]ncc3[nH]2)nc2ccccc12. The van der Waals surface area contributed by atoms with Crippen molar-refractivity contribution < 1.29 is 0 Å². The van der Waals surface area contributed by atoms with Gasteiger partial charge in [-0.2, -0.15) is 5.10 Å². The van der Waals surface area contributed by atoms with E-state index < -0.39 is 0 Å². The average molecular weight is 292 g/mol. The summed E-state index contributed by atoms with van der Waals surface area (Å²) < 4.78 is 0. The fourth-order valence-corrected chi connectivity index (χ4v) is 2.52. The maximum Gasteiger partial charge on any atom is 0.292 e. The van der Waals surface area contributed by atoms with Crippen LogP contribution in [0.4, 0.5) is 0 Å². The molecule has 0 saturated heterocycles. The van der Waals surface area contributed by atoms with Crippen LogP contribution in [0.5, 0.6) is 0 Å². The number of rotatable bonds is 2. The molecule has 3 heterocycles. The van der Waals surface area contributed by atoms with Crippen LogP contribution in [0.1, 0.15) is 17.3 Å². The Bertz CT molecular complexity index is 1050. The lowest BCUT2D eigenvalue weighted by Gasteiger charge is -2.04. The summed E-state index contributed by atoms with van der Waals surface area (Å²) in [4.78, 5) is 28.1. The summed E-state index contributed by atoms with van der Waals surface area (Å²) in [6, 6.07) is 7.88. The monoisotopic (exact) mass is 292 g/mol. The van der Waals surface area contributed by atoms with Crippen molar-refractivity contribution in [3.05, 3.63) is 58.2 Å². The van der Waals surface area contributed by atoms with E-state index in [9.17, 15) is 4.79 Å². The molecule has 4 rings (SSSR count). The van der Waals surface area contributed by atoms with Gasteiger partial charge in [-0.3, -0.25) is 4.79 Å². The number of hydrogen-bond donors (Lipinski definition) is 2. The molecule has 108 valence electrons. The van der Waals surface area contributed by atoms with Crippen molar-refractivity contribution in [2.45, 2.75) is 13.3 Å². The molecular formula is C15H12N6O. The number of nitrogens with one attached hydrogen (secondary N) is 2. The molecule has 0 atom stereocenters. The molecule has 0 radical (unpaired) electrons. The Morgan fingerprint density at radius 2 is 2.00 bits per heavy atom. The van der Waals surface area contributed by atoms with Crippen LogP contribution in [0.3, 0.4) is 0 Å². The fourth-order valence-electron chi connectivity index (χ4n) is 2.52. The van der Waals surface area contributed by atoms with Crippen molar-refractivity contribution in [3.63, 3.8) is 0 Å². The van der Waals surface area contributed by atoms with Gasteiger partial charge in [-0.1, -0.05) is 18.2 Å². The predicted molar refractivity (Wildman–Crippen MR) is 81.6 cm³/mol. The molecule has 0 aliphatic rings. The van der Waals surface area contributed by atoms with Crippen LogP contribution < -0.4 is 5.56 Å². The number of aryl methyl sites for hydroxylation is 1. The minimum atomic E-state index is -0.310. The van der Waals surface area contributed by atoms with Gasteiger partial charge in [0, 0.05) is 11.1 Å². The second-order valence-electron chi connectivity index (χ2n) is 5.06. The summed E-state index contributed by atoms with van der Waals surface area (Å²) in [5.74, 6) is 1.31. The average Bonchev–Trinajstić information content (AvgIpc) is 2.91. The molecule has 3 aromatic heterocycles. The van der Waals surface area contributed by atoms with Crippen LogP contribution >= 0.6 is 0 Å². The first kappa shape index (κ1) is 12.6. The zero-order valence-corrected chi connectivity index (χ0v) is 11.8. The number of benzene rings is 1. The van der Waals surface area contributed by atoms with Crippen LogP contribution in [0, 0.1) is 6.92 Å². The third-order valence-electron chi connectivity index (χ3n) is 3.52. The van der Waals surface area contributed by atoms with E-state index in [-0.39, 0.29) is 5.56 Å². The molecule has 4 aromatic rings. The quantitative estimate of drug-likeness (QED) is 0.583. The summed E-state index contributed by atoms with van der Waals surface area (Å²) >= 11 is 0. The highest BCUT2D eigenvalue weighted by Gasteiger charge is 2.10. The normalized spacial score (nSPS) is 11.3. The molecule has 0 aliphatic heterocycles. The van der Waals surface area contributed by atoms with E-state index in [0.717, 1.165) is 16.6 Å². The zero-order valence-electron chi connectivity index (χ0n) is 11.8. The minimum Gasteiger partial charge on any atom is -0.340 e. The number of fused-ring (bicyclic) bond motifs is 2. The number of aromatic nitrogens is 6. The molecule has 0 unspecified atom stereocenters. The van der Waals surface area contributed by atoms with Gasteiger partial charge in [0.05, 0.1) is 23.7 Å². The summed E-state index contributed by atoms with van der Waals surface area (Å²) in [7, 11) is 0. The molecule has 0 saturated carbocycles. The van der Waals surface area contributed by atoms with E-state index >= 15 is 0 Å². The van der Waals surface area contributed by atoms with Crippen LogP contribution in [-0.2, 0) is 6.42 Å². The van der Waals surface area contributed by atoms with E-state index in [0.29, 0.717) is 29.1 Å². The first-order chi connectivity index (χ1) is 10.7. The summed E-state index contributed by atoms with van der Waals surface area (Å²) in [5.41, 5.74) is 2.48. The second-order valence-corrected chi connectivity index (χ2v) is 5.06. The molecule has 7 nitrogen and oxygen atoms in total. The smallest absolute Gasteiger partial charge is 0.292 e. The van der Waals surface area contributed by atoms with Gasteiger partial charge in [-0.25, -0.2) is 20.1 Å². The van der Waals surface area contributed by atoms with Gasteiger partial charge >= 0.3 is 0 Å². The highest BCUT2D eigenvalue weighted by molar-refractivity contribution is 5.80. The number of hydrogen-bond acceptors (Lipinski definition) is 5. The van der Waals surface area contributed by atoms with Crippen molar-refractivity contribution in [1.29, 1.82) is 0 Å².